The number of carbonyl (C=O) groups is 1. The highest BCUT2D eigenvalue weighted by Gasteiger charge is 2.64. The zero-order valence-electron chi connectivity index (χ0n) is 20.4. The van der Waals surface area contributed by atoms with Gasteiger partial charge in [-0.1, -0.05) is 52.6 Å². The molecule has 2 fully saturated rings. The number of nitrogens with one attached hydrogen (secondary N) is 1. The van der Waals surface area contributed by atoms with Crippen LogP contribution in [0.4, 0.5) is 5.95 Å². The van der Waals surface area contributed by atoms with Gasteiger partial charge in [-0.15, -0.1) is 0 Å². The van der Waals surface area contributed by atoms with Crippen molar-refractivity contribution in [1.82, 2.24) is 15.3 Å². The first kappa shape index (κ1) is 24.3. The maximum absolute atomic E-state index is 13.0. The van der Waals surface area contributed by atoms with Crippen molar-refractivity contribution < 1.29 is 9.53 Å². The Morgan fingerprint density at radius 3 is 2.50 bits per heavy atom. The highest BCUT2D eigenvalue weighted by Crippen LogP contribution is 2.55. The summed E-state index contributed by atoms with van der Waals surface area (Å²) in [5.41, 5.74) is 0.204. The van der Waals surface area contributed by atoms with E-state index in [9.17, 15) is 4.79 Å². The lowest BCUT2D eigenvalue weighted by Gasteiger charge is -2.63. The van der Waals surface area contributed by atoms with Gasteiger partial charge in [0.25, 0.3) is 5.91 Å². The minimum Gasteiger partial charge on any atom is -0.489 e. The molecule has 1 atom stereocenters. The topological polar surface area (TPSA) is 91.1 Å². The van der Waals surface area contributed by atoms with Crippen molar-refractivity contribution in [2.45, 2.75) is 59.6 Å². The van der Waals surface area contributed by atoms with Crippen LogP contribution in [0.2, 0.25) is 5.02 Å². The summed E-state index contributed by atoms with van der Waals surface area (Å²) in [5.74, 6) is 1.79. The molecule has 0 spiro atoms. The van der Waals surface area contributed by atoms with Crippen molar-refractivity contribution in [3.05, 3.63) is 46.7 Å². The van der Waals surface area contributed by atoms with Gasteiger partial charge < -0.3 is 15.0 Å². The van der Waals surface area contributed by atoms with Crippen LogP contribution in [-0.4, -0.2) is 41.1 Å². The maximum atomic E-state index is 13.0. The third-order valence-corrected chi connectivity index (χ3v) is 7.79. The standard InChI is InChI=1S/C26H32ClN5O2/c1-6-16-9-10-32(15-16)24-29-13-18(14-30-24)21(33)31-22-25(2,3)23(26(22,4)5)34-19-8-7-17(12-28)20(27)11-19/h7-8,11,13-14,16,22-23H,6,9-10,15H2,1-5H3,(H,31,33)/t16?,22-,23-. The number of hydrogen-bond acceptors (Lipinski definition) is 6. The Morgan fingerprint density at radius 1 is 1.26 bits per heavy atom. The van der Waals surface area contributed by atoms with E-state index in [1.165, 1.54) is 0 Å². The molecular formula is C26H32ClN5O2. The van der Waals surface area contributed by atoms with Crippen LogP contribution >= 0.6 is 11.6 Å². The Kier molecular flexibility index (Phi) is 6.48. The van der Waals surface area contributed by atoms with Gasteiger partial charge in [0.2, 0.25) is 5.95 Å². The molecule has 1 N–H and O–H groups in total. The second-order valence-corrected chi connectivity index (χ2v) is 11.0. The van der Waals surface area contributed by atoms with Crippen molar-refractivity contribution in [2.24, 2.45) is 16.7 Å². The third kappa shape index (κ3) is 4.32. The summed E-state index contributed by atoms with van der Waals surface area (Å²) in [6.45, 7) is 12.5. The fourth-order valence-corrected chi connectivity index (χ4v) is 5.97. The van der Waals surface area contributed by atoms with Gasteiger partial charge in [-0.25, -0.2) is 9.97 Å². The average Bonchev–Trinajstić information content (AvgIpc) is 3.30. The smallest absolute Gasteiger partial charge is 0.254 e. The van der Waals surface area contributed by atoms with E-state index in [0.717, 1.165) is 25.9 Å². The lowest BCUT2D eigenvalue weighted by molar-refractivity contribution is -0.164. The number of hydrogen-bond donors (Lipinski definition) is 1. The van der Waals surface area contributed by atoms with Crippen LogP contribution in [0.3, 0.4) is 0 Å². The second-order valence-electron chi connectivity index (χ2n) is 10.6. The molecule has 8 heteroatoms. The fraction of sp³-hybridized carbons (Fsp3) is 0.538. The van der Waals surface area contributed by atoms with Gasteiger partial charge >= 0.3 is 0 Å². The second kappa shape index (κ2) is 9.07. The largest absolute Gasteiger partial charge is 0.489 e. The van der Waals surface area contributed by atoms with Crippen LogP contribution in [0.25, 0.3) is 0 Å². The summed E-state index contributed by atoms with van der Waals surface area (Å²) in [6.07, 6.45) is 5.39. The molecule has 2 heterocycles. The highest BCUT2D eigenvalue weighted by molar-refractivity contribution is 6.31. The number of anilines is 1. The van der Waals surface area contributed by atoms with Gasteiger partial charge in [0.1, 0.15) is 17.9 Å². The van der Waals surface area contributed by atoms with Crippen molar-refractivity contribution >= 4 is 23.5 Å². The monoisotopic (exact) mass is 481 g/mol. The predicted molar refractivity (Wildman–Crippen MR) is 132 cm³/mol. The Bertz CT molecular complexity index is 1090. The first-order valence-corrected chi connectivity index (χ1v) is 12.2. The van der Waals surface area contributed by atoms with E-state index in [-0.39, 0.29) is 28.9 Å². The van der Waals surface area contributed by atoms with Crippen LogP contribution < -0.4 is 15.0 Å². The first-order valence-electron chi connectivity index (χ1n) is 11.8. The molecule has 1 aliphatic carbocycles. The molecule has 4 rings (SSSR count). The van der Waals surface area contributed by atoms with Crippen LogP contribution in [0.15, 0.2) is 30.6 Å². The summed E-state index contributed by atoms with van der Waals surface area (Å²) < 4.78 is 6.29. The molecular weight excluding hydrogens is 450 g/mol. The van der Waals surface area contributed by atoms with Crippen molar-refractivity contribution in [3.8, 4) is 11.8 Å². The van der Waals surface area contributed by atoms with Gasteiger partial charge in [-0.2, -0.15) is 5.26 Å². The molecule has 180 valence electrons. The minimum atomic E-state index is -0.328. The summed E-state index contributed by atoms with van der Waals surface area (Å²) in [4.78, 5) is 24.1. The molecule has 1 saturated carbocycles. The first-order chi connectivity index (χ1) is 16.1. The van der Waals surface area contributed by atoms with Gasteiger partial charge in [-0.05, 0) is 24.5 Å². The van der Waals surface area contributed by atoms with Crippen molar-refractivity contribution in [3.63, 3.8) is 0 Å². The summed E-state index contributed by atoms with van der Waals surface area (Å²) in [6, 6.07) is 7.02. The average molecular weight is 482 g/mol. The Balaban J connectivity index is 1.42. The zero-order chi connectivity index (χ0) is 24.7. The minimum absolute atomic E-state index is 0.116. The Hall–Kier alpha value is -2.85. The summed E-state index contributed by atoms with van der Waals surface area (Å²) in [5, 5.41) is 12.6. The van der Waals surface area contributed by atoms with Crippen LogP contribution in [0.1, 0.15) is 63.4 Å². The lowest BCUT2D eigenvalue weighted by atomic mass is 9.49. The third-order valence-electron chi connectivity index (χ3n) is 7.48. The van der Waals surface area contributed by atoms with Gasteiger partial charge in [-0.3, -0.25) is 4.79 Å². The van der Waals surface area contributed by atoms with E-state index in [1.54, 1.807) is 30.6 Å². The predicted octanol–water partition coefficient (Wildman–Crippen LogP) is 4.85. The molecule has 2 aromatic rings. The molecule has 1 aromatic heterocycles. The number of aromatic nitrogens is 2. The van der Waals surface area contributed by atoms with Gasteiger partial charge in [0.05, 0.1) is 16.1 Å². The molecule has 0 bridgehead atoms. The van der Waals surface area contributed by atoms with Crippen molar-refractivity contribution in [2.75, 3.05) is 18.0 Å². The maximum Gasteiger partial charge on any atom is 0.254 e. The SMILES string of the molecule is CCC1CCN(c2ncc(C(=O)N[C@H]3C(C)(C)[C@H](Oc4ccc(C#N)c(Cl)c4)C3(C)C)cn2)C1. The molecule has 1 amide bonds. The molecule has 34 heavy (non-hydrogen) atoms. The van der Waals surface area contributed by atoms with E-state index in [2.05, 4.69) is 60.9 Å². The molecule has 1 saturated heterocycles. The number of amides is 1. The Morgan fingerprint density at radius 2 is 1.94 bits per heavy atom. The molecule has 7 nitrogen and oxygen atoms in total. The van der Waals surface area contributed by atoms with E-state index in [1.807, 2.05) is 0 Å². The van der Waals surface area contributed by atoms with E-state index < -0.39 is 0 Å². The molecule has 1 aromatic carbocycles. The lowest BCUT2D eigenvalue weighted by Crippen LogP contribution is -2.74. The normalized spacial score (nSPS) is 24.7. The van der Waals surface area contributed by atoms with Crippen LogP contribution in [0.5, 0.6) is 5.75 Å². The number of nitrogens with zero attached hydrogens (tertiary/aromatic N) is 4. The van der Waals surface area contributed by atoms with Gasteiger partial charge in [0.15, 0.2) is 0 Å². The Labute approximate surface area is 206 Å². The quantitative estimate of drug-likeness (QED) is 0.634. The fourth-order valence-electron chi connectivity index (χ4n) is 5.76. The molecule has 2 aliphatic rings. The number of nitriles is 1. The molecule has 0 radical (unpaired) electrons. The molecule has 1 aliphatic heterocycles. The van der Waals surface area contributed by atoms with E-state index in [4.69, 9.17) is 21.6 Å². The van der Waals surface area contributed by atoms with Crippen LogP contribution in [0, 0.1) is 28.1 Å². The number of ether oxygens (including phenoxy) is 1. The number of rotatable bonds is 6. The van der Waals surface area contributed by atoms with Crippen molar-refractivity contribution in [1.29, 1.82) is 5.26 Å². The summed E-state index contributed by atoms with van der Waals surface area (Å²) in [7, 11) is 0. The van der Waals surface area contributed by atoms with Crippen LogP contribution in [-0.2, 0) is 0 Å². The number of carbonyl (C=O) groups excluding carboxylic acids is 1. The number of benzene rings is 1. The number of halogens is 1. The van der Waals surface area contributed by atoms with E-state index >= 15 is 0 Å². The van der Waals surface area contributed by atoms with Gasteiger partial charge in [0, 0.05) is 48.4 Å². The summed E-state index contributed by atoms with van der Waals surface area (Å²) >= 11 is 6.17. The molecule has 1 unspecified atom stereocenters. The highest BCUT2D eigenvalue weighted by atomic mass is 35.5. The van der Waals surface area contributed by atoms with E-state index in [0.29, 0.717) is 33.8 Å². The zero-order valence-corrected chi connectivity index (χ0v) is 21.2.